The third-order valence-corrected chi connectivity index (χ3v) is 5.54. The fraction of sp³-hybridized carbons (Fsp3) is 0.111. The number of aryl methyl sites for hydroxylation is 3. The van der Waals surface area contributed by atoms with E-state index in [1.165, 1.54) is 38.9 Å². The van der Waals surface area contributed by atoms with Crippen molar-refractivity contribution >= 4 is 10.5 Å². The molecule has 0 aliphatic carbocycles. The molecule has 0 amide bonds. The van der Waals surface area contributed by atoms with Crippen LogP contribution in [0.15, 0.2) is 84.9 Å². The van der Waals surface area contributed by atoms with Gasteiger partial charge in [0, 0.05) is 11.1 Å². The van der Waals surface area contributed by atoms with Crippen molar-refractivity contribution in [2.75, 3.05) is 0 Å². The summed E-state index contributed by atoms with van der Waals surface area (Å²) in [6.07, 6.45) is 0. The number of hydrogen-bond acceptors (Lipinski definition) is 1. The molecule has 0 heterocycles. The third-order valence-electron chi connectivity index (χ3n) is 5.32. The lowest BCUT2D eigenvalue weighted by atomic mass is 9.86. The van der Waals surface area contributed by atoms with Crippen molar-refractivity contribution in [2.45, 2.75) is 20.8 Å². The predicted octanol–water partition coefficient (Wildman–Crippen LogP) is 7.08. The van der Waals surface area contributed by atoms with E-state index in [0.717, 1.165) is 16.9 Å². The molecule has 0 fully saturated rings. The average Bonchev–Trinajstić information content (AvgIpc) is 2.75. The Morgan fingerprint density at radius 1 is 0.483 bits per heavy atom. The van der Waals surface area contributed by atoms with Crippen LogP contribution in [0.5, 0.6) is 5.75 Å². The summed E-state index contributed by atoms with van der Waals surface area (Å²) < 4.78 is 5.63. The Balaban J connectivity index is 2.06. The van der Waals surface area contributed by atoms with Crippen molar-refractivity contribution in [3.05, 3.63) is 102 Å². The van der Waals surface area contributed by atoms with Gasteiger partial charge in [0.2, 0.25) is 0 Å². The summed E-state index contributed by atoms with van der Waals surface area (Å²) in [6, 6.07) is 30.2. The van der Waals surface area contributed by atoms with Gasteiger partial charge in [0.25, 0.3) is 0 Å². The van der Waals surface area contributed by atoms with Crippen LogP contribution >= 0.6 is 0 Å². The molecule has 4 aromatic rings. The Bertz CT molecular complexity index is 1130. The third kappa shape index (κ3) is 3.89. The summed E-state index contributed by atoms with van der Waals surface area (Å²) in [5, 5.41) is 0. The topological polar surface area (TPSA) is 9.23 Å². The highest BCUT2D eigenvalue weighted by Gasteiger charge is 2.18. The summed E-state index contributed by atoms with van der Waals surface area (Å²) in [7, 11) is 3.28. The van der Waals surface area contributed by atoms with E-state index >= 15 is 0 Å². The van der Waals surface area contributed by atoms with Crippen molar-refractivity contribution in [3.8, 4) is 39.1 Å². The van der Waals surface area contributed by atoms with E-state index in [1.807, 2.05) is 6.07 Å². The van der Waals surface area contributed by atoms with Gasteiger partial charge in [0.15, 0.2) is 0 Å². The van der Waals surface area contributed by atoms with Crippen LogP contribution in [0, 0.1) is 20.8 Å². The molecule has 3 radical (unpaired) electrons. The first-order chi connectivity index (χ1) is 14.1. The standard InChI is InChI=1S/C27H23OSi/c1-18-4-10-21(11-5-18)24-16-17-25(28-29)27(23-14-8-20(3)9-15-23)26(24)22-12-6-19(2)7-13-22/h4-17H,1-3H3. The summed E-state index contributed by atoms with van der Waals surface area (Å²) in [5.41, 5.74) is 10.7. The van der Waals surface area contributed by atoms with Crippen LogP contribution in [0.3, 0.4) is 0 Å². The van der Waals surface area contributed by atoms with Crippen LogP contribution in [-0.4, -0.2) is 10.5 Å². The molecule has 2 heteroatoms. The Morgan fingerprint density at radius 2 is 0.897 bits per heavy atom. The molecule has 0 saturated carbocycles. The van der Waals surface area contributed by atoms with Gasteiger partial charge in [-0.15, -0.1) is 0 Å². The highest BCUT2D eigenvalue weighted by molar-refractivity contribution is 6.03. The van der Waals surface area contributed by atoms with Crippen molar-refractivity contribution in [2.24, 2.45) is 0 Å². The SMILES string of the molecule is Cc1ccc(-c2ccc(O[Si])c(-c3ccc(C)cc3)c2-c2ccc(C)cc2)cc1. The Morgan fingerprint density at radius 3 is 1.34 bits per heavy atom. The second-order valence-electron chi connectivity index (χ2n) is 7.56. The fourth-order valence-electron chi connectivity index (χ4n) is 3.67. The van der Waals surface area contributed by atoms with Crippen LogP contribution in [0.1, 0.15) is 16.7 Å². The number of benzene rings is 4. The van der Waals surface area contributed by atoms with E-state index in [0.29, 0.717) is 0 Å². The van der Waals surface area contributed by atoms with Crippen molar-refractivity contribution in [1.82, 2.24) is 0 Å². The van der Waals surface area contributed by atoms with E-state index < -0.39 is 0 Å². The van der Waals surface area contributed by atoms with E-state index in [4.69, 9.17) is 4.43 Å². The average molecular weight is 392 g/mol. The molecule has 0 unspecified atom stereocenters. The van der Waals surface area contributed by atoms with Crippen LogP contribution in [-0.2, 0) is 0 Å². The summed E-state index contributed by atoms with van der Waals surface area (Å²) in [4.78, 5) is 0. The highest BCUT2D eigenvalue weighted by Crippen LogP contribution is 2.45. The molecule has 4 aromatic carbocycles. The molecule has 0 N–H and O–H groups in total. The molecule has 0 spiro atoms. The predicted molar refractivity (Wildman–Crippen MR) is 123 cm³/mol. The molecular formula is C27H23OSi. The van der Waals surface area contributed by atoms with Crippen LogP contribution in [0.4, 0.5) is 0 Å². The second kappa shape index (κ2) is 8.10. The molecular weight excluding hydrogens is 368 g/mol. The van der Waals surface area contributed by atoms with Crippen molar-refractivity contribution in [3.63, 3.8) is 0 Å². The van der Waals surface area contributed by atoms with Crippen LogP contribution < -0.4 is 4.43 Å². The van der Waals surface area contributed by atoms with Gasteiger partial charge in [-0.25, -0.2) is 0 Å². The largest absolute Gasteiger partial charge is 0.540 e. The maximum Gasteiger partial charge on any atom is 0.341 e. The van der Waals surface area contributed by atoms with E-state index in [1.54, 1.807) is 0 Å². The highest BCUT2D eigenvalue weighted by atomic mass is 28.2. The second-order valence-corrected chi connectivity index (χ2v) is 7.77. The molecule has 0 saturated heterocycles. The molecule has 0 atom stereocenters. The fourth-order valence-corrected chi connectivity index (χ4v) is 3.84. The molecule has 0 aliphatic heterocycles. The molecule has 0 bridgehead atoms. The minimum Gasteiger partial charge on any atom is -0.540 e. The maximum absolute atomic E-state index is 5.63. The minimum absolute atomic E-state index is 0.803. The number of hydrogen-bond donors (Lipinski definition) is 0. The van der Waals surface area contributed by atoms with Gasteiger partial charge in [0.1, 0.15) is 5.75 Å². The molecule has 29 heavy (non-hydrogen) atoms. The maximum atomic E-state index is 5.63. The Labute approximate surface area is 176 Å². The molecule has 0 aliphatic rings. The zero-order valence-corrected chi connectivity index (χ0v) is 18.0. The van der Waals surface area contributed by atoms with Crippen molar-refractivity contribution in [1.29, 1.82) is 0 Å². The first-order valence-electron chi connectivity index (χ1n) is 9.78. The minimum atomic E-state index is 0.803. The monoisotopic (exact) mass is 391 g/mol. The Kier molecular flexibility index (Phi) is 5.37. The lowest BCUT2D eigenvalue weighted by Crippen LogP contribution is -1.96. The van der Waals surface area contributed by atoms with Crippen LogP contribution in [0.2, 0.25) is 0 Å². The number of rotatable bonds is 4. The first kappa shape index (κ1) is 19.2. The van der Waals surface area contributed by atoms with Gasteiger partial charge < -0.3 is 4.43 Å². The quantitative estimate of drug-likeness (QED) is 0.338. The van der Waals surface area contributed by atoms with Gasteiger partial charge in [-0.3, -0.25) is 0 Å². The zero-order valence-electron chi connectivity index (χ0n) is 17.0. The molecule has 0 aromatic heterocycles. The summed E-state index contributed by atoms with van der Waals surface area (Å²) >= 11 is 0. The van der Waals surface area contributed by atoms with Crippen LogP contribution in [0.25, 0.3) is 33.4 Å². The van der Waals surface area contributed by atoms with Gasteiger partial charge >= 0.3 is 10.5 Å². The summed E-state index contributed by atoms with van der Waals surface area (Å²) in [6.45, 7) is 6.34. The lowest BCUT2D eigenvalue weighted by molar-refractivity contribution is 0.619. The van der Waals surface area contributed by atoms with E-state index in [-0.39, 0.29) is 0 Å². The first-order valence-corrected chi connectivity index (χ1v) is 10.2. The van der Waals surface area contributed by atoms with Gasteiger partial charge in [0.05, 0.1) is 0 Å². The molecule has 4 rings (SSSR count). The van der Waals surface area contributed by atoms with Gasteiger partial charge in [-0.05, 0) is 49.1 Å². The van der Waals surface area contributed by atoms with Gasteiger partial charge in [-0.1, -0.05) is 95.6 Å². The normalized spacial score (nSPS) is 10.8. The molecule has 1 nitrogen and oxygen atoms in total. The van der Waals surface area contributed by atoms with Gasteiger partial charge in [-0.2, -0.15) is 0 Å². The Hall–Kier alpha value is -3.10. The zero-order chi connectivity index (χ0) is 20.4. The van der Waals surface area contributed by atoms with E-state index in [2.05, 4.69) is 110 Å². The lowest BCUT2D eigenvalue weighted by Gasteiger charge is -2.20. The smallest absolute Gasteiger partial charge is 0.341 e. The summed E-state index contributed by atoms with van der Waals surface area (Å²) in [5.74, 6) is 0.803. The molecule has 141 valence electrons. The van der Waals surface area contributed by atoms with Crippen molar-refractivity contribution < 1.29 is 4.43 Å². The van der Waals surface area contributed by atoms with E-state index in [9.17, 15) is 0 Å².